The first kappa shape index (κ1) is 14.8. The summed E-state index contributed by atoms with van der Waals surface area (Å²) in [5, 5.41) is 17.0. The highest BCUT2D eigenvalue weighted by atomic mass is 32.1. The van der Waals surface area contributed by atoms with Gasteiger partial charge >= 0.3 is 0 Å². The Morgan fingerprint density at radius 1 is 1.23 bits per heavy atom. The number of benzene rings is 1. The number of carbonyl (C=O) groups excluding carboxylic acids is 1. The summed E-state index contributed by atoms with van der Waals surface area (Å²) >= 11 is 1.59. The summed E-state index contributed by atoms with van der Waals surface area (Å²) in [6.45, 7) is 0.0322. The van der Waals surface area contributed by atoms with E-state index < -0.39 is 0 Å². The average Bonchev–Trinajstić information content (AvgIpc) is 3.33. The fraction of sp³-hybridized carbons (Fsp3) is 0.0588. The molecule has 128 valence electrons. The minimum Gasteiger partial charge on any atom is -0.482 e. The summed E-state index contributed by atoms with van der Waals surface area (Å²) in [6, 6.07) is 7.45. The number of anilines is 3. The van der Waals surface area contributed by atoms with Gasteiger partial charge in [-0.25, -0.2) is 9.97 Å². The quantitative estimate of drug-likeness (QED) is 0.516. The second-order valence-corrected chi connectivity index (χ2v) is 6.49. The topological polar surface area (TPSA) is 105 Å². The zero-order valence-corrected chi connectivity index (χ0v) is 14.1. The van der Waals surface area contributed by atoms with Gasteiger partial charge in [0.15, 0.2) is 18.2 Å². The van der Waals surface area contributed by atoms with Crippen LogP contribution in [0.3, 0.4) is 0 Å². The minimum atomic E-state index is -0.174. The van der Waals surface area contributed by atoms with Crippen molar-refractivity contribution in [2.24, 2.45) is 0 Å². The molecule has 0 unspecified atom stereocenters. The number of H-pyrrole nitrogens is 1. The van der Waals surface area contributed by atoms with Crippen LogP contribution >= 0.6 is 11.3 Å². The molecule has 1 aliphatic heterocycles. The molecule has 3 N–H and O–H groups in total. The first-order chi connectivity index (χ1) is 12.8. The van der Waals surface area contributed by atoms with E-state index in [1.54, 1.807) is 23.6 Å². The van der Waals surface area contributed by atoms with Crippen molar-refractivity contribution in [3.05, 3.63) is 41.2 Å². The number of rotatable bonds is 3. The second kappa shape index (κ2) is 5.81. The van der Waals surface area contributed by atoms with E-state index in [2.05, 4.69) is 30.8 Å². The van der Waals surface area contributed by atoms with Gasteiger partial charge in [0.2, 0.25) is 0 Å². The van der Waals surface area contributed by atoms with Crippen molar-refractivity contribution in [1.29, 1.82) is 0 Å². The Kier molecular flexibility index (Phi) is 3.32. The van der Waals surface area contributed by atoms with Crippen molar-refractivity contribution in [3.8, 4) is 17.1 Å². The van der Waals surface area contributed by atoms with Gasteiger partial charge < -0.3 is 15.4 Å². The molecule has 5 rings (SSSR count). The van der Waals surface area contributed by atoms with E-state index in [-0.39, 0.29) is 12.5 Å². The van der Waals surface area contributed by atoms with Gasteiger partial charge in [0.1, 0.15) is 16.8 Å². The highest BCUT2D eigenvalue weighted by Crippen LogP contribution is 2.33. The molecule has 0 aliphatic carbocycles. The molecule has 1 amide bonds. The molecule has 4 heterocycles. The van der Waals surface area contributed by atoms with Gasteiger partial charge in [-0.3, -0.25) is 9.89 Å². The highest BCUT2D eigenvalue weighted by Gasteiger charge is 2.17. The third kappa shape index (κ3) is 2.54. The van der Waals surface area contributed by atoms with Crippen LogP contribution < -0.4 is 15.4 Å². The van der Waals surface area contributed by atoms with Crippen molar-refractivity contribution in [1.82, 2.24) is 20.2 Å². The lowest BCUT2D eigenvalue weighted by molar-refractivity contribution is -0.118. The van der Waals surface area contributed by atoms with E-state index in [1.165, 1.54) is 0 Å². The number of ether oxygens (including phenoxy) is 1. The number of thiophene rings is 1. The van der Waals surface area contributed by atoms with Crippen LogP contribution in [0.1, 0.15) is 0 Å². The Bertz CT molecular complexity index is 1120. The molecule has 0 atom stereocenters. The summed E-state index contributed by atoms with van der Waals surface area (Å²) in [4.78, 5) is 20.7. The number of nitrogens with zero attached hydrogens (tertiary/aromatic N) is 3. The number of carbonyl (C=O) groups is 1. The van der Waals surface area contributed by atoms with E-state index in [1.807, 2.05) is 29.0 Å². The van der Waals surface area contributed by atoms with E-state index in [0.29, 0.717) is 28.6 Å². The lowest BCUT2D eigenvalue weighted by Gasteiger charge is -2.18. The molecule has 0 radical (unpaired) electrons. The third-order valence-corrected chi connectivity index (χ3v) is 4.64. The standard InChI is InChI=1S/C17H12N6O2S/c24-14-7-25-13-2-1-10(5-11(13)20-14)19-17-15-12(6-18-23-15)21-16(22-17)9-3-4-26-8-9/h1-6,8H,7H2,(H,18,23)(H,20,24)(H,19,21,22). The molecule has 8 nitrogen and oxygen atoms in total. The fourth-order valence-electron chi connectivity index (χ4n) is 2.75. The summed E-state index contributed by atoms with van der Waals surface area (Å²) in [5.41, 5.74) is 3.77. The van der Waals surface area contributed by atoms with Crippen LogP contribution in [-0.2, 0) is 4.79 Å². The lowest BCUT2D eigenvalue weighted by atomic mass is 10.2. The molecule has 26 heavy (non-hydrogen) atoms. The van der Waals surface area contributed by atoms with E-state index in [0.717, 1.165) is 16.8 Å². The van der Waals surface area contributed by atoms with Crippen LogP contribution in [0.25, 0.3) is 22.4 Å². The van der Waals surface area contributed by atoms with Gasteiger partial charge in [0, 0.05) is 16.6 Å². The zero-order chi connectivity index (χ0) is 17.5. The molecule has 9 heteroatoms. The van der Waals surface area contributed by atoms with E-state index >= 15 is 0 Å². The predicted octanol–water partition coefficient (Wildman–Crippen LogP) is 3.16. The Morgan fingerprint density at radius 2 is 2.19 bits per heavy atom. The smallest absolute Gasteiger partial charge is 0.262 e. The summed E-state index contributed by atoms with van der Waals surface area (Å²) < 4.78 is 5.39. The number of amides is 1. The maximum atomic E-state index is 11.5. The highest BCUT2D eigenvalue weighted by molar-refractivity contribution is 7.08. The van der Waals surface area contributed by atoms with Crippen molar-refractivity contribution in [2.45, 2.75) is 0 Å². The van der Waals surface area contributed by atoms with Crippen LogP contribution in [0.2, 0.25) is 0 Å². The number of nitrogens with one attached hydrogen (secondary N) is 3. The number of fused-ring (bicyclic) bond motifs is 2. The van der Waals surface area contributed by atoms with E-state index in [9.17, 15) is 4.79 Å². The Labute approximate surface area is 151 Å². The molecule has 0 spiro atoms. The van der Waals surface area contributed by atoms with Crippen LogP contribution in [0.5, 0.6) is 5.75 Å². The fourth-order valence-corrected chi connectivity index (χ4v) is 3.38. The molecule has 0 fully saturated rings. The predicted molar refractivity (Wildman–Crippen MR) is 98.8 cm³/mol. The first-order valence-electron chi connectivity index (χ1n) is 7.84. The first-order valence-corrected chi connectivity index (χ1v) is 8.78. The van der Waals surface area contributed by atoms with Crippen molar-refractivity contribution in [2.75, 3.05) is 17.2 Å². The van der Waals surface area contributed by atoms with Gasteiger partial charge in [0.25, 0.3) is 5.91 Å². The maximum Gasteiger partial charge on any atom is 0.262 e. The lowest BCUT2D eigenvalue weighted by Crippen LogP contribution is -2.25. The molecular formula is C17H12N6O2S. The third-order valence-electron chi connectivity index (χ3n) is 3.95. The monoisotopic (exact) mass is 364 g/mol. The number of aromatic amines is 1. The summed E-state index contributed by atoms with van der Waals surface area (Å²) in [6.07, 6.45) is 1.67. The largest absolute Gasteiger partial charge is 0.482 e. The summed E-state index contributed by atoms with van der Waals surface area (Å²) in [5.74, 6) is 1.70. The van der Waals surface area contributed by atoms with Crippen LogP contribution in [0, 0.1) is 0 Å². The molecule has 0 saturated carbocycles. The van der Waals surface area contributed by atoms with E-state index in [4.69, 9.17) is 4.74 Å². The van der Waals surface area contributed by atoms with Gasteiger partial charge in [-0.1, -0.05) is 0 Å². The van der Waals surface area contributed by atoms with Crippen LogP contribution in [0.15, 0.2) is 41.2 Å². The molecular weight excluding hydrogens is 352 g/mol. The summed E-state index contributed by atoms with van der Waals surface area (Å²) in [7, 11) is 0. The Hall–Kier alpha value is -3.46. The molecule has 3 aromatic heterocycles. The molecule has 0 bridgehead atoms. The maximum absolute atomic E-state index is 11.5. The van der Waals surface area contributed by atoms with Gasteiger partial charge in [-0.15, -0.1) is 0 Å². The zero-order valence-electron chi connectivity index (χ0n) is 13.3. The Balaban J connectivity index is 1.56. The SMILES string of the molecule is O=C1COc2ccc(Nc3nc(-c4ccsc4)nc4cn[nH]c34)cc2N1. The number of hydrogen-bond acceptors (Lipinski definition) is 7. The number of hydrogen-bond donors (Lipinski definition) is 3. The Morgan fingerprint density at radius 3 is 3.08 bits per heavy atom. The molecule has 1 aliphatic rings. The van der Waals surface area contributed by atoms with Gasteiger partial charge in [0.05, 0.1) is 11.9 Å². The van der Waals surface area contributed by atoms with Gasteiger partial charge in [-0.05, 0) is 29.6 Å². The van der Waals surface area contributed by atoms with Crippen molar-refractivity contribution >= 4 is 45.5 Å². The number of aromatic nitrogens is 4. The average molecular weight is 364 g/mol. The molecule has 0 saturated heterocycles. The second-order valence-electron chi connectivity index (χ2n) is 5.71. The minimum absolute atomic E-state index is 0.0322. The van der Waals surface area contributed by atoms with Gasteiger partial charge in [-0.2, -0.15) is 16.4 Å². The molecule has 4 aromatic rings. The van der Waals surface area contributed by atoms with Crippen LogP contribution in [0.4, 0.5) is 17.2 Å². The van der Waals surface area contributed by atoms with Crippen molar-refractivity contribution in [3.63, 3.8) is 0 Å². The normalized spacial score (nSPS) is 13.2. The van der Waals surface area contributed by atoms with Crippen molar-refractivity contribution < 1.29 is 9.53 Å². The van der Waals surface area contributed by atoms with Crippen LogP contribution in [-0.4, -0.2) is 32.7 Å². The molecule has 1 aromatic carbocycles.